The number of thioether (sulfide) groups is 1. The first kappa shape index (κ1) is 18.7. The van der Waals surface area contributed by atoms with Gasteiger partial charge in [0.05, 0.1) is 12.9 Å². The molecule has 140 valence electrons. The number of halogens is 1. The van der Waals surface area contributed by atoms with Crippen LogP contribution >= 0.6 is 11.8 Å². The SMILES string of the molecule is CCN(Cc1ccc(OC)c(F)c1)C(=O)CSc1nnc(C)n1C1CC1. The molecular formula is C18H23FN4O2S. The number of aromatic nitrogens is 3. The van der Waals surface area contributed by atoms with Crippen LogP contribution in [0.5, 0.6) is 5.75 Å². The van der Waals surface area contributed by atoms with E-state index >= 15 is 0 Å². The van der Waals surface area contributed by atoms with E-state index in [2.05, 4.69) is 14.8 Å². The fraction of sp³-hybridized carbons (Fsp3) is 0.500. The number of rotatable bonds is 8. The zero-order chi connectivity index (χ0) is 18.7. The highest BCUT2D eigenvalue weighted by Crippen LogP contribution is 2.38. The average Bonchev–Trinajstić information content (AvgIpc) is 3.40. The van der Waals surface area contributed by atoms with Gasteiger partial charge in [0.1, 0.15) is 5.82 Å². The molecule has 3 rings (SSSR count). The van der Waals surface area contributed by atoms with Crippen molar-refractivity contribution in [1.82, 2.24) is 19.7 Å². The third-order valence-electron chi connectivity index (χ3n) is 4.40. The normalized spacial score (nSPS) is 13.7. The molecule has 1 heterocycles. The highest BCUT2D eigenvalue weighted by Gasteiger charge is 2.28. The van der Waals surface area contributed by atoms with Gasteiger partial charge in [-0.25, -0.2) is 4.39 Å². The molecule has 1 aromatic carbocycles. The van der Waals surface area contributed by atoms with E-state index in [0.29, 0.717) is 19.1 Å². The molecule has 1 aliphatic rings. The van der Waals surface area contributed by atoms with E-state index in [4.69, 9.17) is 4.74 Å². The van der Waals surface area contributed by atoms with Gasteiger partial charge < -0.3 is 14.2 Å². The van der Waals surface area contributed by atoms with Crippen LogP contribution in [-0.4, -0.2) is 45.0 Å². The summed E-state index contributed by atoms with van der Waals surface area (Å²) in [5.74, 6) is 0.960. The van der Waals surface area contributed by atoms with Gasteiger partial charge in [-0.05, 0) is 44.4 Å². The predicted octanol–water partition coefficient (Wildman–Crippen LogP) is 3.21. The lowest BCUT2D eigenvalue weighted by Gasteiger charge is -2.21. The van der Waals surface area contributed by atoms with Crippen molar-refractivity contribution in [3.05, 3.63) is 35.4 Å². The molecule has 0 atom stereocenters. The number of carbonyl (C=O) groups is 1. The maximum atomic E-state index is 13.9. The van der Waals surface area contributed by atoms with Crippen molar-refractivity contribution in [1.29, 1.82) is 0 Å². The summed E-state index contributed by atoms with van der Waals surface area (Å²) in [4.78, 5) is 14.3. The Bertz CT molecular complexity index is 791. The molecule has 0 bridgehead atoms. The molecule has 6 nitrogen and oxygen atoms in total. The Morgan fingerprint density at radius 1 is 1.42 bits per heavy atom. The number of amides is 1. The Balaban J connectivity index is 1.61. The molecule has 0 unspecified atom stereocenters. The highest BCUT2D eigenvalue weighted by molar-refractivity contribution is 7.99. The van der Waals surface area contributed by atoms with Crippen LogP contribution in [0.1, 0.15) is 37.2 Å². The molecule has 0 radical (unpaired) electrons. The van der Waals surface area contributed by atoms with Gasteiger partial charge in [-0.15, -0.1) is 10.2 Å². The number of methoxy groups -OCH3 is 1. The molecule has 1 aliphatic carbocycles. The molecule has 2 aromatic rings. The number of ether oxygens (including phenoxy) is 1. The van der Waals surface area contributed by atoms with Gasteiger partial charge in [0.2, 0.25) is 5.91 Å². The third kappa shape index (κ3) is 4.17. The molecule has 1 fully saturated rings. The van der Waals surface area contributed by atoms with E-state index in [-0.39, 0.29) is 17.4 Å². The number of aryl methyl sites for hydroxylation is 1. The summed E-state index contributed by atoms with van der Waals surface area (Å²) in [6.45, 7) is 4.78. The van der Waals surface area contributed by atoms with Crippen molar-refractivity contribution < 1.29 is 13.9 Å². The summed E-state index contributed by atoms with van der Waals surface area (Å²) in [6, 6.07) is 5.25. The minimum absolute atomic E-state index is 0.00303. The minimum atomic E-state index is -0.420. The molecule has 1 amide bonds. The van der Waals surface area contributed by atoms with Gasteiger partial charge in [-0.3, -0.25) is 4.79 Å². The topological polar surface area (TPSA) is 60.2 Å². The molecule has 8 heteroatoms. The quantitative estimate of drug-likeness (QED) is 0.660. The van der Waals surface area contributed by atoms with Gasteiger partial charge >= 0.3 is 0 Å². The number of hydrogen-bond donors (Lipinski definition) is 0. The molecule has 0 N–H and O–H groups in total. The minimum Gasteiger partial charge on any atom is -0.494 e. The van der Waals surface area contributed by atoms with Crippen LogP contribution < -0.4 is 4.74 Å². The largest absolute Gasteiger partial charge is 0.494 e. The molecular weight excluding hydrogens is 355 g/mol. The lowest BCUT2D eigenvalue weighted by atomic mass is 10.2. The van der Waals surface area contributed by atoms with Crippen molar-refractivity contribution in [2.45, 2.75) is 44.4 Å². The maximum Gasteiger partial charge on any atom is 0.233 e. The molecule has 0 saturated heterocycles. The summed E-state index contributed by atoms with van der Waals surface area (Å²) < 4.78 is 20.9. The molecule has 1 saturated carbocycles. The number of carbonyl (C=O) groups excluding carboxylic acids is 1. The van der Waals surface area contributed by atoms with Gasteiger partial charge in [-0.2, -0.15) is 0 Å². The molecule has 0 aliphatic heterocycles. The Hall–Kier alpha value is -2.09. The third-order valence-corrected chi connectivity index (χ3v) is 5.32. The van der Waals surface area contributed by atoms with Crippen LogP contribution in [0.3, 0.4) is 0 Å². The second-order valence-electron chi connectivity index (χ2n) is 6.30. The number of benzene rings is 1. The van der Waals surface area contributed by atoms with Gasteiger partial charge in [0.25, 0.3) is 0 Å². The first-order valence-electron chi connectivity index (χ1n) is 8.68. The Labute approximate surface area is 156 Å². The highest BCUT2D eigenvalue weighted by atomic mass is 32.2. The second-order valence-corrected chi connectivity index (χ2v) is 7.24. The van der Waals surface area contributed by atoms with Gasteiger partial charge in [-0.1, -0.05) is 17.8 Å². The Kier molecular flexibility index (Phi) is 5.80. The molecule has 1 aromatic heterocycles. The number of hydrogen-bond acceptors (Lipinski definition) is 5. The van der Waals surface area contributed by atoms with Crippen LogP contribution in [-0.2, 0) is 11.3 Å². The van der Waals surface area contributed by atoms with E-state index in [0.717, 1.165) is 29.4 Å². The van der Waals surface area contributed by atoms with Crippen molar-refractivity contribution in [3.63, 3.8) is 0 Å². The van der Waals surface area contributed by atoms with Crippen LogP contribution in [0.15, 0.2) is 23.4 Å². The fourth-order valence-electron chi connectivity index (χ4n) is 2.82. The summed E-state index contributed by atoms with van der Waals surface area (Å²) in [7, 11) is 1.43. The summed E-state index contributed by atoms with van der Waals surface area (Å²) in [5.41, 5.74) is 0.737. The van der Waals surface area contributed by atoms with Gasteiger partial charge in [0.15, 0.2) is 16.7 Å². The smallest absolute Gasteiger partial charge is 0.233 e. The molecule has 0 spiro atoms. The van der Waals surface area contributed by atoms with E-state index in [9.17, 15) is 9.18 Å². The summed E-state index contributed by atoms with van der Waals surface area (Å²) in [5, 5.41) is 9.11. The first-order valence-corrected chi connectivity index (χ1v) is 9.66. The Morgan fingerprint density at radius 2 is 2.19 bits per heavy atom. The van der Waals surface area contributed by atoms with Crippen molar-refractivity contribution >= 4 is 17.7 Å². The number of nitrogens with zero attached hydrogens (tertiary/aromatic N) is 4. The first-order chi connectivity index (χ1) is 12.5. The average molecular weight is 378 g/mol. The van der Waals surface area contributed by atoms with Crippen molar-refractivity contribution in [3.8, 4) is 5.75 Å². The zero-order valence-electron chi connectivity index (χ0n) is 15.2. The maximum absolute atomic E-state index is 13.9. The lowest BCUT2D eigenvalue weighted by Crippen LogP contribution is -2.31. The van der Waals surface area contributed by atoms with E-state index in [1.54, 1.807) is 17.0 Å². The van der Waals surface area contributed by atoms with E-state index < -0.39 is 5.82 Å². The lowest BCUT2D eigenvalue weighted by molar-refractivity contribution is -0.128. The predicted molar refractivity (Wildman–Crippen MR) is 97.8 cm³/mol. The van der Waals surface area contributed by atoms with Crippen molar-refractivity contribution in [2.75, 3.05) is 19.4 Å². The van der Waals surface area contributed by atoms with Crippen LogP contribution in [0.4, 0.5) is 4.39 Å². The standard InChI is InChI=1S/C18H23FN4O2S/c1-4-22(10-13-5-8-16(25-3)15(19)9-13)17(24)11-26-18-21-20-12(2)23(18)14-6-7-14/h5,8-9,14H,4,6-7,10-11H2,1-3H3. The fourth-order valence-corrected chi connectivity index (χ4v) is 3.78. The zero-order valence-corrected chi connectivity index (χ0v) is 16.1. The molecule has 26 heavy (non-hydrogen) atoms. The van der Waals surface area contributed by atoms with Crippen LogP contribution in [0.2, 0.25) is 0 Å². The van der Waals surface area contributed by atoms with E-state index in [1.165, 1.54) is 24.9 Å². The Morgan fingerprint density at radius 3 is 2.81 bits per heavy atom. The van der Waals surface area contributed by atoms with Crippen LogP contribution in [0.25, 0.3) is 0 Å². The van der Waals surface area contributed by atoms with Crippen LogP contribution in [0, 0.1) is 12.7 Å². The second kappa shape index (κ2) is 8.07. The summed E-state index contributed by atoms with van der Waals surface area (Å²) in [6.07, 6.45) is 2.29. The van der Waals surface area contributed by atoms with Crippen molar-refractivity contribution in [2.24, 2.45) is 0 Å². The monoisotopic (exact) mass is 378 g/mol. The summed E-state index contributed by atoms with van der Waals surface area (Å²) >= 11 is 1.41. The van der Waals surface area contributed by atoms with E-state index in [1.807, 2.05) is 13.8 Å². The van der Waals surface area contributed by atoms with Gasteiger partial charge in [0, 0.05) is 19.1 Å².